The van der Waals surface area contributed by atoms with Gasteiger partial charge in [0, 0.05) is 33.7 Å². The van der Waals surface area contributed by atoms with Crippen LogP contribution in [0.1, 0.15) is 16.8 Å². The Morgan fingerprint density at radius 1 is 0.700 bits per heavy atom. The molecular weight excluding hydrogens is 366 g/mol. The molecule has 4 aromatic rings. The fourth-order valence-electron chi connectivity index (χ4n) is 3.80. The number of hydrogen-bond acceptors (Lipinski definition) is 1. The Bertz CT molecular complexity index is 1370. The van der Waals surface area contributed by atoms with Crippen LogP contribution in [0, 0.1) is 0 Å². The first-order chi connectivity index (χ1) is 14.8. The lowest BCUT2D eigenvalue weighted by molar-refractivity contribution is 1.27. The third-order valence-electron chi connectivity index (χ3n) is 5.16. The van der Waals surface area contributed by atoms with Crippen LogP contribution in [0.25, 0.3) is 17.7 Å². The summed E-state index contributed by atoms with van der Waals surface area (Å²) < 4.78 is 0. The van der Waals surface area contributed by atoms with Gasteiger partial charge in [-0.15, -0.1) is 0 Å². The molecule has 1 aliphatic rings. The van der Waals surface area contributed by atoms with Crippen LogP contribution in [0.15, 0.2) is 114 Å². The zero-order valence-corrected chi connectivity index (χ0v) is 16.5. The fraction of sp³-hybridized carbons (Fsp3) is 0. The quantitative estimate of drug-likeness (QED) is 0.521. The van der Waals surface area contributed by atoms with E-state index < -0.39 is 0 Å². The highest BCUT2D eigenvalue weighted by Crippen LogP contribution is 2.30. The Hall–Kier alpha value is -4.11. The van der Waals surface area contributed by atoms with Crippen LogP contribution in [0.2, 0.25) is 0 Å². The molecule has 144 valence electrons. The van der Waals surface area contributed by atoms with Crippen molar-refractivity contribution in [2.24, 2.45) is 4.99 Å². The normalized spacial score (nSPS) is 15.8. The minimum Gasteiger partial charge on any atom is -0.361 e. The number of rotatable bonds is 4. The molecule has 0 bridgehead atoms. The number of nitrogens with zero attached hydrogens (tertiary/aromatic N) is 1. The van der Waals surface area contributed by atoms with Gasteiger partial charge >= 0.3 is 0 Å². The fourth-order valence-corrected chi connectivity index (χ4v) is 3.80. The summed E-state index contributed by atoms with van der Waals surface area (Å²) in [4.78, 5) is 11.8. The van der Waals surface area contributed by atoms with Crippen LogP contribution in [-0.4, -0.2) is 15.7 Å². The first-order valence-corrected chi connectivity index (χ1v) is 9.94. The van der Waals surface area contributed by atoms with Gasteiger partial charge in [-0.25, -0.2) is 4.99 Å². The van der Waals surface area contributed by atoms with Crippen LogP contribution in [0.3, 0.4) is 0 Å². The van der Waals surface area contributed by atoms with E-state index in [1.54, 1.807) is 0 Å². The molecule has 0 saturated carbocycles. The number of nitrogens with one attached hydrogen (secondary N) is 2. The number of allylic oxidation sites excluding steroid dienone is 2. The minimum atomic E-state index is 0.883. The predicted octanol–water partition coefficient (Wildman–Crippen LogP) is 4.42. The van der Waals surface area contributed by atoms with Crippen LogP contribution in [0.5, 0.6) is 0 Å². The lowest BCUT2D eigenvalue weighted by atomic mass is 10.0. The predicted molar refractivity (Wildman–Crippen MR) is 124 cm³/mol. The smallest absolute Gasteiger partial charge is 0.0737 e. The van der Waals surface area contributed by atoms with E-state index in [1.165, 1.54) is 0 Å². The van der Waals surface area contributed by atoms with E-state index >= 15 is 0 Å². The van der Waals surface area contributed by atoms with Gasteiger partial charge in [0.15, 0.2) is 0 Å². The molecule has 0 radical (unpaired) electrons. The van der Waals surface area contributed by atoms with Crippen LogP contribution >= 0.6 is 0 Å². The highest BCUT2D eigenvalue weighted by atomic mass is 14.8. The van der Waals surface area contributed by atoms with Crippen molar-refractivity contribution in [3.8, 4) is 0 Å². The SMILES string of the molecule is C=c1cc/c(=C(C2=N/C(=C(/c3ccccc3)c3ccc[nH]3)C=C2)\c2ccccc2)[nH]1. The Morgan fingerprint density at radius 2 is 1.40 bits per heavy atom. The molecule has 0 amide bonds. The standard InChI is InChI=1S/C27H21N3/c1-19-14-15-23(29-19)27(21-11-6-3-7-12-21)25-17-16-24(30-25)26(22-13-8-18-28-22)20-9-4-2-5-10-20/h2-18,28-29H,1H2/b26-24-,27-23-. The maximum Gasteiger partial charge on any atom is 0.0737 e. The van der Waals surface area contributed by atoms with Gasteiger partial charge in [0.25, 0.3) is 0 Å². The summed E-state index contributed by atoms with van der Waals surface area (Å²) in [6, 6.07) is 28.9. The van der Waals surface area contributed by atoms with E-state index in [2.05, 4.69) is 77.2 Å². The number of benzene rings is 2. The molecule has 3 nitrogen and oxygen atoms in total. The zero-order valence-electron chi connectivity index (χ0n) is 16.5. The van der Waals surface area contributed by atoms with Crippen LogP contribution < -0.4 is 10.7 Å². The Morgan fingerprint density at radius 3 is 2.00 bits per heavy atom. The summed E-state index contributed by atoms with van der Waals surface area (Å²) in [5, 5.41) is 1.89. The van der Waals surface area contributed by atoms with Gasteiger partial charge in [-0.3, -0.25) is 0 Å². The molecule has 3 heteroatoms. The number of hydrogen-bond donors (Lipinski definition) is 2. The molecule has 30 heavy (non-hydrogen) atoms. The largest absolute Gasteiger partial charge is 0.361 e. The number of aromatic amines is 2. The van der Waals surface area contributed by atoms with Gasteiger partial charge < -0.3 is 9.97 Å². The van der Waals surface area contributed by atoms with Crippen molar-refractivity contribution in [3.63, 3.8) is 0 Å². The number of aliphatic imine (C=N–C) groups is 1. The highest BCUT2D eigenvalue weighted by Gasteiger charge is 2.18. The molecule has 2 aromatic heterocycles. The van der Waals surface area contributed by atoms with Crippen molar-refractivity contribution in [2.75, 3.05) is 0 Å². The number of H-pyrrole nitrogens is 2. The topological polar surface area (TPSA) is 43.9 Å². The zero-order chi connectivity index (χ0) is 20.3. The Balaban J connectivity index is 1.73. The van der Waals surface area contributed by atoms with Crippen molar-refractivity contribution in [3.05, 3.63) is 136 Å². The minimum absolute atomic E-state index is 0.883. The van der Waals surface area contributed by atoms with E-state index in [0.29, 0.717) is 0 Å². The maximum atomic E-state index is 5.07. The molecule has 0 atom stereocenters. The second kappa shape index (κ2) is 7.72. The molecule has 5 rings (SSSR count). The summed E-state index contributed by atoms with van der Waals surface area (Å²) in [5.41, 5.74) is 7.31. The van der Waals surface area contributed by atoms with Crippen molar-refractivity contribution in [2.45, 2.75) is 0 Å². The van der Waals surface area contributed by atoms with E-state index in [1.807, 2.05) is 42.6 Å². The maximum absolute atomic E-state index is 5.07. The Labute approximate surface area is 175 Å². The van der Waals surface area contributed by atoms with E-state index in [9.17, 15) is 0 Å². The molecule has 2 N–H and O–H groups in total. The molecule has 2 aromatic carbocycles. The second-order valence-corrected chi connectivity index (χ2v) is 7.18. The highest BCUT2D eigenvalue weighted by molar-refractivity contribution is 6.30. The molecule has 0 aliphatic carbocycles. The van der Waals surface area contributed by atoms with Crippen molar-refractivity contribution in [1.29, 1.82) is 0 Å². The van der Waals surface area contributed by atoms with Gasteiger partial charge in [-0.1, -0.05) is 67.2 Å². The molecular formula is C27H21N3. The van der Waals surface area contributed by atoms with Crippen LogP contribution in [-0.2, 0) is 0 Å². The van der Waals surface area contributed by atoms with E-state index in [4.69, 9.17) is 4.99 Å². The summed E-state index contributed by atoms with van der Waals surface area (Å²) >= 11 is 0. The van der Waals surface area contributed by atoms with Gasteiger partial charge in [-0.2, -0.15) is 0 Å². The summed E-state index contributed by atoms with van der Waals surface area (Å²) in [6.07, 6.45) is 6.13. The second-order valence-electron chi connectivity index (χ2n) is 7.18. The number of aromatic nitrogens is 2. The van der Waals surface area contributed by atoms with Crippen molar-refractivity contribution in [1.82, 2.24) is 9.97 Å². The molecule has 1 aliphatic heterocycles. The first-order valence-electron chi connectivity index (χ1n) is 9.94. The van der Waals surface area contributed by atoms with Crippen molar-refractivity contribution >= 4 is 23.4 Å². The van der Waals surface area contributed by atoms with E-state index in [-0.39, 0.29) is 0 Å². The lowest BCUT2D eigenvalue weighted by Crippen LogP contribution is -2.16. The monoisotopic (exact) mass is 387 g/mol. The third-order valence-corrected chi connectivity index (χ3v) is 5.16. The average molecular weight is 387 g/mol. The molecule has 0 saturated heterocycles. The van der Waals surface area contributed by atoms with Gasteiger partial charge in [-0.05, 0) is 47.5 Å². The molecule has 3 heterocycles. The molecule has 0 spiro atoms. The molecule has 0 unspecified atom stereocenters. The molecule has 0 fully saturated rings. The lowest BCUT2D eigenvalue weighted by Gasteiger charge is -2.09. The summed E-state index contributed by atoms with van der Waals surface area (Å²) in [7, 11) is 0. The van der Waals surface area contributed by atoms with Crippen molar-refractivity contribution < 1.29 is 0 Å². The average Bonchev–Trinajstić information content (AvgIpc) is 3.54. The van der Waals surface area contributed by atoms with Gasteiger partial charge in [0.2, 0.25) is 0 Å². The van der Waals surface area contributed by atoms with Crippen LogP contribution in [0.4, 0.5) is 0 Å². The third kappa shape index (κ3) is 3.38. The summed E-state index contributed by atoms with van der Waals surface area (Å²) in [5.74, 6) is 0. The van der Waals surface area contributed by atoms with Gasteiger partial charge in [0.1, 0.15) is 0 Å². The first kappa shape index (κ1) is 18.0. The Kier molecular flexibility index (Phi) is 4.62. The summed E-state index contributed by atoms with van der Waals surface area (Å²) in [6.45, 7) is 4.02. The van der Waals surface area contributed by atoms with Gasteiger partial charge in [0.05, 0.1) is 11.4 Å². The van der Waals surface area contributed by atoms with E-state index in [0.717, 1.165) is 50.1 Å².